The van der Waals surface area contributed by atoms with Crippen molar-refractivity contribution in [2.45, 2.75) is 18.9 Å². The van der Waals surface area contributed by atoms with E-state index in [2.05, 4.69) is 22.3 Å². The molecule has 1 fully saturated rings. The van der Waals surface area contributed by atoms with Crippen molar-refractivity contribution in [1.82, 2.24) is 10.2 Å². The summed E-state index contributed by atoms with van der Waals surface area (Å²) in [5.41, 5.74) is 1.94. The third-order valence-corrected chi connectivity index (χ3v) is 5.57. The minimum Gasteiger partial charge on any atom is -0.497 e. The maximum Gasteiger partial charge on any atom is 0.251 e. The first kappa shape index (κ1) is 18.5. The number of methoxy groups -OCH3 is 1. The molecule has 3 aromatic carbocycles. The summed E-state index contributed by atoms with van der Waals surface area (Å²) in [6.07, 6.45) is 2.42. The summed E-state index contributed by atoms with van der Waals surface area (Å²) >= 11 is 0. The van der Waals surface area contributed by atoms with Gasteiger partial charge in [-0.15, -0.1) is 0 Å². The highest BCUT2D eigenvalue weighted by molar-refractivity contribution is 6.07. The molecule has 144 valence electrons. The van der Waals surface area contributed by atoms with Gasteiger partial charge in [-0.25, -0.2) is 0 Å². The van der Waals surface area contributed by atoms with E-state index in [9.17, 15) is 4.79 Å². The fraction of sp³-hybridized carbons (Fsp3) is 0.292. The predicted octanol–water partition coefficient (Wildman–Crippen LogP) is 4.42. The second-order valence-electron chi connectivity index (χ2n) is 7.27. The quantitative estimate of drug-likeness (QED) is 0.695. The summed E-state index contributed by atoms with van der Waals surface area (Å²) in [6, 6.07) is 22.3. The Labute approximate surface area is 166 Å². The number of carbonyl (C=O) groups is 1. The van der Waals surface area contributed by atoms with E-state index >= 15 is 0 Å². The van der Waals surface area contributed by atoms with Crippen LogP contribution in [-0.2, 0) is 0 Å². The molecule has 1 aliphatic rings. The molecule has 1 atom stereocenters. The third kappa shape index (κ3) is 3.87. The number of nitrogens with zero attached hydrogens (tertiary/aromatic N) is 1. The van der Waals surface area contributed by atoms with E-state index in [0.29, 0.717) is 6.54 Å². The SMILES string of the molecule is COc1ccc([C@@H](CNC(=O)c2cccc3ccccc23)N2CCCC2)cc1. The molecule has 1 saturated heterocycles. The number of fused-ring (bicyclic) bond motifs is 1. The molecule has 1 N–H and O–H groups in total. The molecule has 4 heteroatoms. The molecular weight excluding hydrogens is 348 g/mol. The minimum atomic E-state index is -0.0190. The maximum absolute atomic E-state index is 13.0. The smallest absolute Gasteiger partial charge is 0.251 e. The highest BCUT2D eigenvalue weighted by atomic mass is 16.5. The van der Waals surface area contributed by atoms with Crippen molar-refractivity contribution in [3.63, 3.8) is 0 Å². The number of nitrogens with one attached hydrogen (secondary N) is 1. The molecular formula is C24H26N2O2. The van der Waals surface area contributed by atoms with Crippen molar-refractivity contribution in [2.24, 2.45) is 0 Å². The molecule has 0 aromatic heterocycles. The lowest BCUT2D eigenvalue weighted by atomic mass is 10.0. The topological polar surface area (TPSA) is 41.6 Å². The van der Waals surface area contributed by atoms with Crippen LogP contribution in [0.5, 0.6) is 5.75 Å². The average molecular weight is 374 g/mol. The largest absolute Gasteiger partial charge is 0.497 e. The summed E-state index contributed by atoms with van der Waals surface area (Å²) in [7, 11) is 1.68. The molecule has 3 aromatic rings. The van der Waals surface area contributed by atoms with Gasteiger partial charge in [-0.2, -0.15) is 0 Å². The number of likely N-dealkylation sites (tertiary alicyclic amines) is 1. The van der Waals surface area contributed by atoms with Crippen LogP contribution in [0.4, 0.5) is 0 Å². The van der Waals surface area contributed by atoms with Crippen LogP contribution in [0.1, 0.15) is 34.8 Å². The number of hydrogen-bond acceptors (Lipinski definition) is 3. The number of hydrogen-bond donors (Lipinski definition) is 1. The maximum atomic E-state index is 13.0. The lowest BCUT2D eigenvalue weighted by Gasteiger charge is -2.28. The van der Waals surface area contributed by atoms with Gasteiger partial charge in [0.2, 0.25) is 0 Å². The van der Waals surface area contributed by atoms with Gasteiger partial charge in [0.15, 0.2) is 0 Å². The Morgan fingerprint density at radius 1 is 1.00 bits per heavy atom. The van der Waals surface area contributed by atoms with Crippen molar-refractivity contribution in [3.8, 4) is 5.75 Å². The molecule has 1 aliphatic heterocycles. The second-order valence-corrected chi connectivity index (χ2v) is 7.27. The van der Waals surface area contributed by atoms with Gasteiger partial charge in [-0.05, 0) is 60.5 Å². The molecule has 0 saturated carbocycles. The summed E-state index contributed by atoms with van der Waals surface area (Å²) in [6.45, 7) is 2.73. The van der Waals surface area contributed by atoms with E-state index in [4.69, 9.17) is 4.74 Å². The summed E-state index contributed by atoms with van der Waals surface area (Å²) in [4.78, 5) is 15.4. The zero-order valence-electron chi connectivity index (χ0n) is 16.2. The number of amides is 1. The van der Waals surface area contributed by atoms with Gasteiger partial charge in [0.05, 0.1) is 13.2 Å². The second kappa shape index (κ2) is 8.44. The lowest BCUT2D eigenvalue weighted by molar-refractivity contribution is 0.0939. The van der Waals surface area contributed by atoms with Crippen LogP contribution in [0.3, 0.4) is 0 Å². The molecule has 0 bridgehead atoms. The molecule has 0 spiro atoms. The van der Waals surface area contributed by atoms with Crippen LogP contribution in [0.25, 0.3) is 10.8 Å². The standard InChI is InChI=1S/C24H26N2O2/c1-28-20-13-11-19(12-14-20)23(26-15-4-5-16-26)17-25-24(27)22-10-6-8-18-7-2-3-9-21(18)22/h2-3,6-14,23H,4-5,15-17H2,1H3,(H,25,27)/t23-/m1/s1. The van der Waals surface area contributed by atoms with E-state index in [1.165, 1.54) is 18.4 Å². The number of benzene rings is 3. The third-order valence-electron chi connectivity index (χ3n) is 5.57. The first-order chi connectivity index (χ1) is 13.8. The van der Waals surface area contributed by atoms with Crippen molar-refractivity contribution < 1.29 is 9.53 Å². The van der Waals surface area contributed by atoms with Gasteiger partial charge in [-0.1, -0.05) is 48.5 Å². The summed E-state index contributed by atoms with van der Waals surface area (Å²) < 4.78 is 5.29. The highest BCUT2D eigenvalue weighted by Crippen LogP contribution is 2.26. The first-order valence-corrected chi connectivity index (χ1v) is 9.90. The Morgan fingerprint density at radius 3 is 2.46 bits per heavy atom. The Kier molecular flexibility index (Phi) is 5.58. The van der Waals surface area contributed by atoms with Crippen molar-refractivity contribution in [2.75, 3.05) is 26.7 Å². The fourth-order valence-electron chi connectivity index (χ4n) is 4.05. The van der Waals surface area contributed by atoms with Crippen molar-refractivity contribution in [1.29, 1.82) is 0 Å². The zero-order valence-corrected chi connectivity index (χ0v) is 16.2. The van der Waals surface area contributed by atoms with E-state index in [1.54, 1.807) is 7.11 Å². The molecule has 1 heterocycles. The predicted molar refractivity (Wildman–Crippen MR) is 113 cm³/mol. The van der Waals surface area contributed by atoms with Gasteiger partial charge < -0.3 is 10.1 Å². The lowest BCUT2D eigenvalue weighted by Crippen LogP contribution is -2.36. The Hall–Kier alpha value is -2.85. The molecule has 0 radical (unpaired) electrons. The Balaban J connectivity index is 1.54. The number of carbonyl (C=O) groups excluding carboxylic acids is 1. The van der Waals surface area contributed by atoms with Crippen LogP contribution >= 0.6 is 0 Å². The van der Waals surface area contributed by atoms with Crippen molar-refractivity contribution >= 4 is 16.7 Å². The molecule has 28 heavy (non-hydrogen) atoms. The summed E-state index contributed by atoms with van der Waals surface area (Å²) in [5.74, 6) is 0.832. The minimum absolute atomic E-state index is 0.0190. The molecule has 1 amide bonds. The Morgan fingerprint density at radius 2 is 1.71 bits per heavy atom. The monoisotopic (exact) mass is 374 g/mol. The van der Waals surface area contributed by atoms with Crippen LogP contribution < -0.4 is 10.1 Å². The molecule has 4 rings (SSSR count). The molecule has 4 nitrogen and oxygen atoms in total. The van der Waals surface area contributed by atoms with Crippen molar-refractivity contribution in [3.05, 3.63) is 77.9 Å². The Bertz CT molecular complexity index is 941. The molecule has 0 aliphatic carbocycles. The summed E-state index contributed by atoms with van der Waals surface area (Å²) in [5, 5.41) is 5.26. The van der Waals surface area contributed by atoms with E-state index in [1.807, 2.05) is 54.6 Å². The normalized spacial score (nSPS) is 15.5. The van der Waals surface area contributed by atoms with Gasteiger partial charge in [0.1, 0.15) is 5.75 Å². The van der Waals surface area contributed by atoms with Gasteiger partial charge in [0, 0.05) is 12.1 Å². The number of rotatable bonds is 6. The van der Waals surface area contributed by atoms with Gasteiger partial charge >= 0.3 is 0 Å². The van der Waals surface area contributed by atoms with Crippen LogP contribution in [0.15, 0.2) is 66.7 Å². The van der Waals surface area contributed by atoms with Gasteiger partial charge in [-0.3, -0.25) is 9.69 Å². The van der Waals surface area contributed by atoms with E-state index in [0.717, 1.165) is 35.2 Å². The highest BCUT2D eigenvalue weighted by Gasteiger charge is 2.24. The van der Waals surface area contributed by atoms with Crippen LogP contribution in [0.2, 0.25) is 0 Å². The fourth-order valence-corrected chi connectivity index (χ4v) is 4.05. The first-order valence-electron chi connectivity index (χ1n) is 9.90. The van der Waals surface area contributed by atoms with E-state index < -0.39 is 0 Å². The van der Waals surface area contributed by atoms with Crippen LogP contribution in [-0.4, -0.2) is 37.6 Å². The van der Waals surface area contributed by atoms with Crippen LogP contribution in [0, 0.1) is 0 Å². The average Bonchev–Trinajstić information content (AvgIpc) is 3.28. The zero-order chi connectivity index (χ0) is 19.3. The molecule has 0 unspecified atom stereocenters. The van der Waals surface area contributed by atoms with E-state index in [-0.39, 0.29) is 11.9 Å². The number of ether oxygens (including phenoxy) is 1. The van der Waals surface area contributed by atoms with Gasteiger partial charge in [0.25, 0.3) is 5.91 Å².